The van der Waals surface area contributed by atoms with Crippen molar-refractivity contribution in [3.8, 4) is 0 Å². The zero-order valence-electron chi connectivity index (χ0n) is 9.85. The Morgan fingerprint density at radius 2 is 2.07 bits per heavy atom. The maximum absolute atomic E-state index is 6.11. The maximum Gasteiger partial charge on any atom is 0.107 e. The highest BCUT2D eigenvalue weighted by molar-refractivity contribution is 7.50. The van der Waals surface area contributed by atoms with Crippen molar-refractivity contribution in [3.05, 3.63) is 0 Å². The van der Waals surface area contributed by atoms with Crippen LogP contribution in [0.2, 0.25) is 0 Å². The van der Waals surface area contributed by atoms with Crippen LogP contribution in [-0.4, -0.2) is 29.5 Å². The second-order valence-corrected chi connectivity index (χ2v) is 8.00. The lowest BCUT2D eigenvalue weighted by atomic mass is 9.80. The summed E-state index contributed by atoms with van der Waals surface area (Å²) in [5.74, 6) is 1.85. The van der Waals surface area contributed by atoms with Gasteiger partial charge >= 0.3 is 0 Å². The first kappa shape index (κ1) is 10.5. The van der Waals surface area contributed by atoms with E-state index in [0.717, 1.165) is 24.5 Å². The Hall–Kier alpha value is 0.350. The van der Waals surface area contributed by atoms with Crippen LogP contribution in [0.3, 0.4) is 0 Å². The molecular weight excluding hydrogens is 205 g/mol. The van der Waals surface area contributed by atoms with Crippen LogP contribution in [0.25, 0.3) is 0 Å². The van der Waals surface area contributed by atoms with Crippen molar-refractivity contribution in [2.45, 2.75) is 51.2 Å². The van der Waals surface area contributed by atoms with Gasteiger partial charge in [0.15, 0.2) is 0 Å². The van der Waals surface area contributed by atoms with Crippen molar-refractivity contribution in [2.75, 3.05) is 13.2 Å². The molecule has 2 nitrogen and oxygen atoms in total. The Balaban J connectivity index is 1.81. The number of nitrogens with zero attached hydrogens (tertiary/aromatic N) is 1. The third-order valence-electron chi connectivity index (χ3n) is 4.31. The average Bonchev–Trinajstić information content (AvgIpc) is 2.54. The molecule has 5 atom stereocenters. The van der Waals surface area contributed by atoms with Crippen LogP contribution >= 0.6 is 8.30 Å². The minimum Gasteiger partial charge on any atom is -0.343 e. The standard InChI is InChI=1S/C12H22NOP/c1-9(2)15-13-7-10(8-14-15)11-5-3-4-6-12(11)13/h9-12H,3-8H2,1-2H3/t10-,11?,12+,15?/m1/s1. The van der Waals surface area contributed by atoms with Gasteiger partial charge in [-0.25, -0.2) is 0 Å². The number of hydrogen-bond acceptors (Lipinski definition) is 2. The second-order valence-electron chi connectivity index (χ2n) is 5.59. The molecule has 1 saturated carbocycles. The Labute approximate surface area is 94.3 Å². The Morgan fingerprint density at radius 1 is 1.27 bits per heavy atom. The largest absolute Gasteiger partial charge is 0.343 e. The van der Waals surface area contributed by atoms with Crippen molar-refractivity contribution in [1.82, 2.24) is 4.67 Å². The molecule has 0 radical (unpaired) electrons. The lowest BCUT2D eigenvalue weighted by molar-refractivity contribution is 0.205. The van der Waals surface area contributed by atoms with Gasteiger partial charge in [0.25, 0.3) is 0 Å². The van der Waals surface area contributed by atoms with Crippen LogP contribution in [0.15, 0.2) is 0 Å². The fourth-order valence-corrected chi connectivity index (χ4v) is 6.00. The molecule has 3 rings (SSSR count). The zero-order chi connectivity index (χ0) is 10.4. The van der Waals surface area contributed by atoms with Gasteiger partial charge in [-0.05, 0) is 18.8 Å². The monoisotopic (exact) mass is 227 g/mol. The van der Waals surface area contributed by atoms with Crippen molar-refractivity contribution >= 4 is 8.30 Å². The van der Waals surface area contributed by atoms with Crippen LogP contribution in [0.1, 0.15) is 39.5 Å². The van der Waals surface area contributed by atoms with E-state index in [0.29, 0.717) is 5.66 Å². The number of fused-ring (bicyclic) bond motifs is 5. The first-order valence-corrected chi connectivity index (χ1v) is 7.74. The third-order valence-corrected chi connectivity index (χ3v) is 6.57. The fraction of sp³-hybridized carbons (Fsp3) is 1.00. The molecule has 2 bridgehead atoms. The predicted octanol–water partition coefficient (Wildman–Crippen LogP) is 3.23. The molecule has 15 heavy (non-hydrogen) atoms. The molecule has 1 aliphatic carbocycles. The Kier molecular flexibility index (Phi) is 2.79. The van der Waals surface area contributed by atoms with E-state index in [2.05, 4.69) is 18.5 Å². The summed E-state index contributed by atoms with van der Waals surface area (Å²) in [5, 5.41) is 0. The van der Waals surface area contributed by atoms with Crippen molar-refractivity contribution < 1.29 is 4.52 Å². The summed E-state index contributed by atoms with van der Waals surface area (Å²) < 4.78 is 8.86. The molecule has 0 N–H and O–H groups in total. The first-order chi connectivity index (χ1) is 7.27. The van der Waals surface area contributed by atoms with Crippen molar-refractivity contribution in [1.29, 1.82) is 0 Å². The highest BCUT2D eigenvalue weighted by Gasteiger charge is 2.49. The zero-order valence-corrected chi connectivity index (χ0v) is 10.7. The Bertz CT molecular complexity index is 246. The van der Waals surface area contributed by atoms with Gasteiger partial charge in [0.1, 0.15) is 8.30 Å². The van der Waals surface area contributed by atoms with Crippen LogP contribution < -0.4 is 0 Å². The summed E-state index contributed by atoms with van der Waals surface area (Å²) >= 11 is 0. The lowest BCUT2D eigenvalue weighted by Gasteiger charge is -2.37. The maximum atomic E-state index is 6.11. The lowest BCUT2D eigenvalue weighted by Crippen LogP contribution is -2.32. The van der Waals surface area contributed by atoms with Gasteiger partial charge in [-0.2, -0.15) is 0 Å². The van der Waals surface area contributed by atoms with Crippen LogP contribution in [0.4, 0.5) is 0 Å². The van der Waals surface area contributed by atoms with Crippen molar-refractivity contribution in [2.24, 2.45) is 11.8 Å². The smallest absolute Gasteiger partial charge is 0.107 e. The molecule has 3 aliphatic rings. The average molecular weight is 227 g/mol. The summed E-state index contributed by atoms with van der Waals surface area (Å²) in [6, 6.07) is 0.889. The van der Waals surface area contributed by atoms with E-state index in [4.69, 9.17) is 4.52 Å². The SMILES string of the molecule is CC(C)P1OC[C@H]2CN1[C@H]1CCCCC21. The van der Waals surface area contributed by atoms with Gasteiger partial charge in [-0.15, -0.1) is 0 Å². The highest BCUT2D eigenvalue weighted by atomic mass is 31.2. The van der Waals surface area contributed by atoms with Crippen LogP contribution in [-0.2, 0) is 4.52 Å². The first-order valence-electron chi connectivity index (χ1n) is 6.46. The summed E-state index contributed by atoms with van der Waals surface area (Å²) in [5.41, 5.74) is 0.710. The molecule has 3 fully saturated rings. The minimum absolute atomic E-state index is 0.263. The van der Waals surface area contributed by atoms with E-state index < -0.39 is 0 Å². The van der Waals surface area contributed by atoms with E-state index in [1.807, 2.05) is 0 Å². The third kappa shape index (κ3) is 1.66. The molecule has 0 amide bonds. The summed E-state index contributed by atoms with van der Waals surface area (Å²) in [7, 11) is -0.263. The van der Waals surface area contributed by atoms with Crippen molar-refractivity contribution in [3.63, 3.8) is 0 Å². The van der Waals surface area contributed by atoms with E-state index in [9.17, 15) is 0 Å². The van der Waals surface area contributed by atoms with Gasteiger partial charge in [0.05, 0.1) is 6.61 Å². The van der Waals surface area contributed by atoms with Crippen LogP contribution in [0.5, 0.6) is 0 Å². The van der Waals surface area contributed by atoms with Crippen LogP contribution in [0, 0.1) is 11.8 Å². The number of rotatable bonds is 1. The molecule has 0 aromatic carbocycles. The molecule has 0 spiro atoms. The molecule has 3 heteroatoms. The molecule has 0 aromatic heterocycles. The molecule has 2 heterocycles. The van der Waals surface area contributed by atoms with E-state index in [1.165, 1.54) is 32.2 Å². The van der Waals surface area contributed by atoms with Gasteiger partial charge in [-0.1, -0.05) is 26.7 Å². The second kappa shape index (κ2) is 3.98. The topological polar surface area (TPSA) is 12.5 Å². The molecule has 0 aromatic rings. The van der Waals surface area contributed by atoms with E-state index >= 15 is 0 Å². The van der Waals surface area contributed by atoms with Gasteiger partial charge < -0.3 is 4.52 Å². The quantitative estimate of drug-likeness (QED) is 0.638. The van der Waals surface area contributed by atoms with E-state index in [1.54, 1.807) is 0 Å². The minimum atomic E-state index is -0.263. The van der Waals surface area contributed by atoms with Gasteiger partial charge in [-0.3, -0.25) is 4.67 Å². The highest BCUT2D eigenvalue weighted by Crippen LogP contribution is 2.59. The fourth-order valence-electron chi connectivity index (χ4n) is 3.67. The normalized spacial score (nSPS) is 49.4. The molecule has 2 aliphatic heterocycles. The molecule has 3 unspecified atom stereocenters. The number of hydrogen-bond donors (Lipinski definition) is 0. The summed E-state index contributed by atoms with van der Waals surface area (Å²) in [4.78, 5) is 0. The predicted molar refractivity (Wildman–Crippen MR) is 64.0 cm³/mol. The molecular formula is C12H22NOP. The van der Waals surface area contributed by atoms with E-state index in [-0.39, 0.29) is 8.30 Å². The summed E-state index contributed by atoms with van der Waals surface area (Å²) in [6.45, 7) is 7.05. The molecule has 86 valence electrons. The van der Waals surface area contributed by atoms with Gasteiger partial charge in [0, 0.05) is 24.2 Å². The van der Waals surface area contributed by atoms with Gasteiger partial charge in [0.2, 0.25) is 0 Å². The summed E-state index contributed by atoms with van der Waals surface area (Å²) in [6.07, 6.45) is 5.82. The molecule has 2 saturated heterocycles. The Morgan fingerprint density at radius 3 is 2.87 bits per heavy atom.